The van der Waals surface area contributed by atoms with E-state index in [9.17, 15) is 9.18 Å². The van der Waals surface area contributed by atoms with Gasteiger partial charge in [-0.3, -0.25) is 4.79 Å². The molecule has 2 aromatic rings. The minimum Gasteiger partial charge on any atom is -0.497 e. The van der Waals surface area contributed by atoms with Crippen LogP contribution >= 0.6 is 0 Å². The highest BCUT2D eigenvalue weighted by Crippen LogP contribution is 2.38. The summed E-state index contributed by atoms with van der Waals surface area (Å²) in [7, 11) is 1.62. The molecule has 0 aromatic heterocycles. The quantitative estimate of drug-likeness (QED) is 0.858. The molecule has 1 aliphatic rings. The fraction of sp³-hybridized carbons (Fsp3) is 0.316. The van der Waals surface area contributed by atoms with Crippen LogP contribution in [0.4, 0.5) is 10.1 Å². The van der Waals surface area contributed by atoms with Crippen LogP contribution in [0.15, 0.2) is 42.5 Å². The Morgan fingerprint density at radius 2 is 1.87 bits per heavy atom. The molecule has 120 valence electrons. The number of ether oxygens (including phenoxy) is 1. The number of carbonyl (C=O) groups is 1. The number of fused-ring (bicyclic) bond motifs is 1. The maximum absolute atomic E-state index is 13.7. The zero-order valence-electron chi connectivity index (χ0n) is 13.6. The summed E-state index contributed by atoms with van der Waals surface area (Å²) in [5.74, 6) is 0.466. The first-order valence-electron chi connectivity index (χ1n) is 7.64. The molecule has 1 aliphatic heterocycles. The first kappa shape index (κ1) is 15.5. The molecule has 3 nitrogen and oxygen atoms in total. The Labute approximate surface area is 135 Å². The van der Waals surface area contributed by atoms with E-state index in [0.717, 1.165) is 16.9 Å². The largest absolute Gasteiger partial charge is 0.497 e. The summed E-state index contributed by atoms with van der Waals surface area (Å²) in [6, 6.07) is 12.3. The summed E-state index contributed by atoms with van der Waals surface area (Å²) in [5.41, 5.74) is 2.17. The van der Waals surface area contributed by atoms with Crippen LogP contribution in [0.3, 0.4) is 0 Å². The fourth-order valence-electron chi connectivity index (χ4n) is 3.03. The van der Waals surface area contributed by atoms with Crippen LogP contribution in [0.25, 0.3) is 0 Å². The van der Waals surface area contributed by atoms with Crippen LogP contribution in [0.5, 0.6) is 5.75 Å². The molecular weight excluding hydrogens is 293 g/mol. The van der Waals surface area contributed by atoms with Crippen LogP contribution in [-0.2, 0) is 17.8 Å². The highest BCUT2D eigenvalue weighted by Gasteiger charge is 2.38. The lowest BCUT2D eigenvalue weighted by Crippen LogP contribution is -2.45. The SMILES string of the molecule is COc1ccc(CN2C(=O)C(C)(C)Cc3ccc(F)cc32)cc1. The van der Waals surface area contributed by atoms with E-state index >= 15 is 0 Å². The van der Waals surface area contributed by atoms with E-state index in [1.54, 1.807) is 18.1 Å². The molecule has 23 heavy (non-hydrogen) atoms. The minimum absolute atomic E-state index is 0.0198. The van der Waals surface area contributed by atoms with Crippen LogP contribution in [-0.4, -0.2) is 13.0 Å². The molecule has 0 radical (unpaired) electrons. The molecule has 0 N–H and O–H groups in total. The predicted molar refractivity (Wildman–Crippen MR) is 88.1 cm³/mol. The van der Waals surface area contributed by atoms with Gasteiger partial charge in [0.15, 0.2) is 0 Å². The maximum Gasteiger partial charge on any atom is 0.233 e. The van der Waals surface area contributed by atoms with Gasteiger partial charge in [-0.1, -0.05) is 32.0 Å². The predicted octanol–water partition coefficient (Wildman–Crippen LogP) is 3.95. The molecule has 0 spiro atoms. The Bertz CT molecular complexity index is 738. The van der Waals surface area contributed by atoms with Crippen molar-refractivity contribution in [2.75, 3.05) is 12.0 Å². The molecular formula is C19H20FNO2. The highest BCUT2D eigenvalue weighted by molar-refractivity contribution is 6.00. The molecule has 1 amide bonds. The molecule has 0 unspecified atom stereocenters. The second-order valence-corrected chi connectivity index (χ2v) is 6.57. The van der Waals surface area contributed by atoms with Gasteiger partial charge in [-0.15, -0.1) is 0 Å². The number of halogens is 1. The number of methoxy groups -OCH3 is 1. The van der Waals surface area contributed by atoms with Crippen LogP contribution in [0, 0.1) is 11.2 Å². The number of nitrogens with zero attached hydrogens (tertiary/aromatic N) is 1. The van der Waals surface area contributed by atoms with Crippen molar-refractivity contribution in [2.24, 2.45) is 5.41 Å². The number of rotatable bonds is 3. The highest BCUT2D eigenvalue weighted by atomic mass is 19.1. The third-order valence-electron chi connectivity index (χ3n) is 4.29. The van der Waals surface area contributed by atoms with Crippen molar-refractivity contribution in [3.63, 3.8) is 0 Å². The second kappa shape index (κ2) is 5.69. The van der Waals surface area contributed by atoms with Crippen molar-refractivity contribution >= 4 is 11.6 Å². The van der Waals surface area contributed by atoms with E-state index in [0.29, 0.717) is 18.7 Å². The van der Waals surface area contributed by atoms with E-state index < -0.39 is 5.41 Å². The van der Waals surface area contributed by atoms with Crippen molar-refractivity contribution in [1.29, 1.82) is 0 Å². The molecule has 1 heterocycles. The first-order valence-corrected chi connectivity index (χ1v) is 7.64. The van der Waals surface area contributed by atoms with Crippen molar-refractivity contribution in [2.45, 2.75) is 26.8 Å². The Morgan fingerprint density at radius 3 is 2.52 bits per heavy atom. The standard InChI is InChI=1S/C19H20FNO2/c1-19(2)11-14-6-7-15(20)10-17(14)21(18(19)22)12-13-4-8-16(23-3)9-5-13/h4-10H,11-12H2,1-3H3. The van der Waals surface area contributed by atoms with Crippen LogP contribution < -0.4 is 9.64 Å². The topological polar surface area (TPSA) is 29.5 Å². The summed E-state index contributed by atoms with van der Waals surface area (Å²) in [6.07, 6.45) is 0.626. The van der Waals surface area contributed by atoms with E-state index in [1.807, 2.05) is 38.1 Å². The zero-order valence-corrected chi connectivity index (χ0v) is 13.6. The van der Waals surface area contributed by atoms with E-state index in [-0.39, 0.29) is 11.7 Å². The molecule has 0 saturated carbocycles. The van der Waals surface area contributed by atoms with Gasteiger partial charge in [-0.05, 0) is 41.8 Å². The average molecular weight is 313 g/mol. The molecule has 2 aromatic carbocycles. The lowest BCUT2D eigenvalue weighted by molar-refractivity contribution is -0.127. The normalized spacial score (nSPS) is 16.2. The fourth-order valence-corrected chi connectivity index (χ4v) is 3.03. The number of amides is 1. The molecule has 0 atom stereocenters. The molecule has 3 rings (SSSR count). The van der Waals surface area contributed by atoms with Gasteiger partial charge in [0, 0.05) is 5.41 Å². The summed E-state index contributed by atoms with van der Waals surface area (Å²) in [6.45, 7) is 4.29. The maximum atomic E-state index is 13.7. The number of anilines is 1. The van der Waals surface area contributed by atoms with Gasteiger partial charge in [0.2, 0.25) is 5.91 Å². The first-order chi connectivity index (χ1) is 10.9. The molecule has 0 saturated heterocycles. The van der Waals surface area contributed by atoms with Crippen LogP contribution in [0.2, 0.25) is 0 Å². The van der Waals surface area contributed by atoms with Crippen molar-refractivity contribution in [1.82, 2.24) is 0 Å². The third kappa shape index (κ3) is 2.93. The molecule has 0 aliphatic carbocycles. The number of hydrogen-bond donors (Lipinski definition) is 0. The Kier molecular flexibility index (Phi) is 3.84. The third-order valence-corrected chi connectivity index (χ3v) is 4.29. The molecule has 0 bridgehead atoms. The van der Waals surface area contributed by atoms with Gasteiger partial charge < -0.3 is 9.64 Å². The lowest BCUT2D eigenvalue weighted by atomic mass is 9.80. The van der Waals surface area contributed by atoms with Crippen molar-refractivity contribution in [3.8, 4) is 5.75 Å². The van der Waals surface area contributed by atoms with Crippen LogP contribution in [0.1, 0.15) is 25.0 Å². The summed E-state index contributed by atoms with van der Waals surface area (Å²) in [5, 5.41) is 0. The summed E-state index contributed by atoms with van der Waals surface area (Å²) < 4.78 is 18.8. The van der Waals surface area contributed by atoms with E-state index in [2.05, 4.69) is 0 Å². The number of carbonyl (C=O) groups excluding carboxylic acids is 1. The Balaban J connectivity index is 1.98. The Morgan fingerprint density at radius 1 is 1.17 bits per heavy atom. The number of hydrogen-bond acceptors (Lipinski definition) is 2. The second-order valence-electron chi connectivity index (χ2n) is 6.57. The average Bonchev–Trinajstić information content (AvgIpc) is 2.53. The lowest BCUT2D eigenvalue weighted by Gasteiger charge is -2.38. The van der Waals surface area contributed by atoms with E-state index in [4.69, 9.17) is 4.74 Å². The van der Waals surface area contributed by atoms with Gasteiger partial charge in [0.25, 0.3) is 0 Å². The van der Waals surface area contributed by atoms with Crippen molar-refractivity contribution in [3.05, 3.63) is 59.4 Å². The Hall–Kier alpha value is -2.36. The van der Waals surface area contributed by atoms with Gasteiger partial charge in [-0.25, -0.2) is 4.39 Å². The summed E-state index contributed by atoms with van der Waals surface area (Å²) >= 11 is 0. The number of benzene rings is 2. The van der Waals surface area contributed by atoms with E-state index in [1.165, 1.54) is 12.1 Å². The molecule has 0 fully saturated rings. The summed E-state index contributed by atoms with van der Waals surface area (Å²) in [4.78, 5) is 14.5. The molecule has 4 heteroatoms. The van der Waals surface area contributed by atoms with Gasteiger partial charge in [-0.2, -0.15) is 0 Å². The van der Waals surface area contributed by atoms with Gasteiger partial charge >= 0.3 is 0 Å². The zero-order chi connectivity index (χ0) is 16.6. The van der Waals surface area contributed by atoms with Crippen molar-refractivity contribution < 1.29 is 13.9 Å². The van der Waals surface area contributed by atoms with Gasteiger partial charge in [0.1, 0.15) is 11.6 Å². The van der Waals surface area contributed by atoms with Gasteiger partial charge in [0.05, 0.1) is 19.3 Å². The minimum atomic E-state index is -0.489. The smallest absolute Gasteiger partial charge is 0.233 e. The monoisotopic (exact) mass is 313 g/mol.